The molecule has 1 aliphatic rings. The molecule has 0 saturated carbocycles. The molecule has 0 radical (unpaired) electrons. The number of amides is 1. The first-order chi connectivity index (χ1) is 14.0. The number of fused-ring (bicyclic) bond motifs is 1. The first-order valence-electron chi connectivity index (χ1n) is 10.0. The number of aromatic nitrogens is 3. The number of carbonyl (C=O) groups is 1. The summed E-state index contributed by atoms with van der Waals surface area (Å²) in [6.07, 6.45) is 6.05. The summed E-state index contributed by atoms with van der Waals surface area (Å²) < 4.78 is 15.1. The van der Waals surface area contributed by atoms with Crippen molar-refractivity contribution in [2.75, 3.05) is 25.0 Å². The topological polar surface area (TPSA) is 63.1 Å². The summed E-state index contributed by atoms with van der Waals surface area (Å²) in [6.45, 7) is 3.53. The van der Waals surface area contributed by atoms with Crippen LogP contribution in [0.3, 0.4) is 0 Å². The van der Waals surface area contributed by atoms with Crippen LogP contribution in [-0.4, -0.2) is 51.1 Å². The van der Waals surface area contributed by atoms with E-state index in [0.29, 0.717) is 12.4 Å². The van der Waals surface area contributed by atoms with Gasteiger partial charge in [0.25, 0.3) is 0 Å². The molecule has 6 nitrogen and oxygen atoms in total. The molecule has 29 heavy (non-hydrogen) atoms. The third kappa shape index (κ3) is 4.45. The van der Waals surface area contributed by atoms with E-state index >= 15 is 0 Å². The lowest BCUT2D eigenvalue weighted by Crippen LogP contribution is -2.40. The van der Waals surface area contributed by atoms with E-state index < -0.39 is 6.17 Å². The third-order valence-corrected chi connectivity index (χ3v) is 5.55. The second kappa shape index (κ2) is 8.29. The number of nitrogens with one attached hydrogen (secondary N) is 1. The highest BCUT2D eigenvalue weighted by Gasteiger charge is 2.25. The highest BCUT2D eigenvalue weighted by molar-refractivity contribution is 5.95. The molecule has 1 N–H and O–H groups in total. The number of hydrogen-bond donors (Lipinski definition) is 1. The van der Waals surface area contributed by atoms with Crippen LogP contribution in [0.4, 0.5) is 10.2 Å². The van der Waals surface area contributed by atoms with Crippen molar-refractivity contribution in [2.24, 2.45) is 13.0 Å². The van der Waals surface area contributed by atoms with E-state index in [1.807, 2.05) is 36.0 Å². The van der Waals surface area contributed by atoms with Gasteiger partial charge in [0, 0.05) is 36.7 Å². The van der Waals surface area contributed by atoms with E-state index in [-0.39, 0.29) is 11.8 Å². The van der Waals surface area contributed by atoms with Crippen molar-refractivity contribution in [1.29, 1.82) is 0 Å². The molecule has 0 aliphatic carbocycles. The zero-order valence-electron chi connectivity index (χ0n) is 16.8. The van der Waals surface area contributed by atoms with E-state index in [4.69, 9.17) is 0 Å². The highest BCUT2D eigenvalue weighted by Crippen LogP contribution is 2.26. The summed E-state index contributed by atoms with van der Waals surface area (Å²) >= 11 is 0. The van der Waals surface area contributed by atoms with Crippen LogP contribution < -0.4 is 5.32 Å². The van der Waals surface area contributed by atoms with Gasteiger partial charge in [-0.05, 0) is 50.4 Å². The lowest BCUT2D eigenvalue weighted by molar-refractivity contribution is -0.121. The number of likely N-dealkylation sites (tertiary alicyclic amines) is 1. The summed E-state index contributed by atoms with van der Waals surface area (Å²) in [5.74, 6) is 0.497. The zero-order valence-corrected chi connectivity index (χ0v) is 16.8. The Balaban J connectivity index is 1.45. The van der Waals surface area contributed by atoms with Gasteiger partial charge < -0.3 is 14.8 Å². The SMILES string of the molecule is CC(F)CN1CCC(C(=O)Nc2cc3cc(-c4cncn4C)ccc3cn2)CC1. The molecule has 1 saturated heterocycles. The molecule has 0 bridgehead atoms. The van der Waals surface area contributed by atoms with Crippen molar-refractivity contribution in [1.82, 2.24) is 19.4 Å². The molecule has 1 aromatic carbocycles. The number of piperidine rings is 1. The number of anilines is 1. The Kier molecular flexibility index (Phi) is 5.58. The van der Waals surface area contributed by atoms with Crippen molar-refractivity contribution in [3.8, 4) is 11.3 Å². The van der Waals surface area contributed by atoms with Gasteiger partial charge >= 0.3 is 0 Å². The Morgan fingerprint density at radius 3 is 2.72 bits per heavy atom. The predicted molar refractivity (Wildman–Crippen MR) is 112 cm³/mol. The Morgan fingerprint density at radius 1 is 1.24 bits per heavy atom. The molecule has 3 heterocycles. The number of rotatable bonds is 5. The molecule has 152 valence electrons. The number of nitrogens with zero attached hydrogens (tertiary/aromatic N) is 4. The fourth-order valence-electron chi connectivity index (χ4n) is 3.97. The van der Waals surface area contributed by atoms with E-state index in [9.17, 15) is 9.18 Å². The Morgan fingerprint density at radius 2 is 2.03 bits per heavy atom. The number of alkyl halides is 1. The Hall–Kier alpha value is -2.80. The van der Waals surface area contributed by atoms with Crippen LogP contribution in [0.2, 0.25) is 0 Å². The van der Waals surface area contributed by atoms with Crippen molar-refractivity contribution in [3.63, 3.8) is 0 Å². The van der Waals surface area contributed by atoms with Crippen molar-refractivity contribution < 1.29 is 9.18 Å². The summed E-state index contributed by atoms with van der Waals surface area (Å²) in [6, 6.07) is 8.07. The number of hydrogen-bond acceptors (Lipinski definition) is 4. The minimum atomic E-state index is -0.835. The van der Waals surface area contributed by atoms with Gasteiger partial charge in [0.1, 0.15) is 12.0 Å². The normalized spacial score (nSPS) is 16.8. The van der Waals surface area contributed by atoms with Crippen LogP contribution in [0, 0.1) is 5.92 Å². The van der Waals surface area contributed by atoms with Crippen molar-refractivity contribution in [2.45, 2.75) is 25.9 Å². The van der Waals surface area contributed by atoms with Crippen LogP contribution in [0.5, 0.6) is 0 Å². The van der Waals surface area contributed by atoms with Gasteiger partial charge in [-0.15, -0.1) is 0 Å². The quantitative estimate of drug-likeness (QED) is 0.716. The zero-order chi connectivity index (χ0) is 20.4. The summed E-state index contributed by atoms with van der Waals surface area (Å²) in [5, 5.41) is 5.00. The first-order valence-corrected chi connectivity index (χ1v) is 10.0. The summed E-state index contributed by atoms with van der Waals surface area (Å²) in [7, 11) is 1.96. The second-order valence-electron chi connectivity index (χ2n) is 7.87. The number of benzene rings is 1. The molecule has 2 aromatic heterocycles. The number of pyridine rings is 1. The molecule has 1 amide bonds. The molecule has 3 aromatic rings. The monoisotopic (exact) mass is 395 g/mol. The number of halogens is 1. The summed E-state index contributed by atoms with van der Waals surface area (Å²) in [4.78, 5) is 23.3. The fraction of sp³-hybridized carbons (Fsp3) is 0.409. The number of aryl methyl sites for hydroxylation is 1. The molecule has 1 atom stereocenters. The van der Waals surface area contributed by atoms with E-state index in [1.165, 1.54) is 0 Å². The lowest BCUT2D eigenvalue weighted by atomic mass is 9.95. The molecular weight excluding hydrogens is 369 g/mol. The molecule has 4 rings (SSSR count). The predicted octanol–water partition coefficient (Wildman–Crippen LogP) is 3.64. The van der Waals surface area contributed by atoms with E-state index in [2.05, 4.69) is 26.3 Å². The van der Waals surface area contributed by atoms with Gasteiger partial charge in [-0.25, -0.2) is 14.4 Å². The molecule has 7 heteroatoms. The van der Waals surface area contributed by atoms with Crippen LogP contribution in [-0.2, 0) is 11.8 Å². The molecule has 1 unspecified atom stereocenters. The summed E-state index contributed by atoms with van der Waals surface area (Å²) in [5.41, 5.74) is 2.10. The van der Waals surface area contributed by atoms with Gasteiger partial charge in [-0.1, -0.05) is 12.1 Å². The van der Waals surface area contributed by atoms with Crippen LogP contribution >= 0.6 is 0 Å². The first kappa shape index (κ1) is 19.5. The molecule has 0 spiro atoms. The number of imidazole rings is 1. The van der Waals surface area contributed by atoms with Gasteiger partial charge in [0.15, 0.2) is 0 Å². The molecule has 1 aliphatic heterocycles. The maximum Gasteiger partial charge on any atom is 0.228 e. The average Bonchev–Trinajstić information content (AvgIpc) is 3.13. The largest absolute Gasteiger partial charge is 0.334 e. The standard InChI is InChI=1S/C22H26FN5O/c1-15(23)13-28-7-5-16(6-8-28)22(29)26-21-10-19-9-17(3-4-18(19)11-25-21)20-12-24-14-27(20)2/h3-4,9-12,14-16H,5-8,13H2,1-2H3,(H,25,26,29). The second-order valence-corrected chi connectivity index (χ2v) is 7.87. The fourth-order valence-corrected chi connectivity index (χ4v) is 3.97. The van der Waals surface area contributed by atoms with Gasteiger partial charge in [-0.2, -0.15) is 0 Å². The lowest BCUT2D eigenvalue weighted by Gasteiger charge is -2.31. The molecular formula is C22H26FN5O. The van der Waals surface area contributed by atoms with E-state index in [0.717, 1.165) is 48.0 Å². The van der Waals surface area contributed by atoms with Crippen molar-refractivity contribution in [3.05, 3.63) is 43.0 Å². The van der Waals surface area contributed by atoms with Crippen molar-refractivity contribution >= 4 is 22.5 Å². The maximum absolute atomic E-state index is 13.2. The Labute approximate surface area is 169 Å². The van der Waals surface area contributed by atoms with Gasteiger partial charge in [0.2, 0.25) is 5.91 Å². The average molecular weight is 395 g/mol. The minimum absolute atomic E-state index is 0.00686. The van der Waals surface area contributed by atoms with Crippen LogP contribution in [0.1, 0.15) is 19.8 Å². The molecule has 1 fully saturated rings. The van der Waals surface area contributed by atoms with Crippen LogP contribution in [0.15, 0.2) is 43.0 Å². The third-order valence-electron chi connectivity index (χ3n) is 5.55. The highest BCUT2D eigenvalue weighted by atomic mass is 19.1. The van der Waals surface area contributed by atoms with Crippen LogP contribution in [0.25, 0.3) is 22.0 Å². The van der Waals surface area contributed by atoms with Gasteiger partial charge in [-0.3, -0.25) is 4.79 Å². The minimum Gasteiger partial charge on any atom is -0.334 e. The number of carbonyl (C=O) groups excluding carboxylic acids is 1. The maximum atomic E-state index is 13.2. The van der Waals surface area contributed by atoms with Gasteiger partial charge in [0.05, 0.1) is 18.2 Å². The Bertz CT molecular complexity index is 1010. The smallest absolute Gasteiger partial charge is 0.228 e. The van der Waals surface area contributed by atoms with E-state index in [1.54, 1.807) is 19.4 Å².